The minimum atomic E-state index is -2.13. The van der Waals surface area contributed by atoms with E-state index >= 15 is 0 Å². The monoisotopic (exact) mass is 509 g/mol. The Morgan fingerprint density at radius 2 is 1.47 bits per heavy atom. The van der Waals surface area contributed by atoms with Gasteiger partial charge >= 0.3 is 5.97 Å². The molecule has 8 heteroatoms. The molecule has 0 radical (unpaired) electrons. The fourth-order valence-electron chi connectivity index (χ4n) is 5.79. The lowest BCUT2D eigenvalue weighted by molar-refractivity contribution is -0.127. The number of aryl methyl sites for hydroxylation is 1. The van der Waals surface area contributed by atoms with Crippen molar-refractivity contribution in [3.63, 3.8) is 0 Å². The predicted octanol–water partition coefficient (Wildman–Crippen LogP) is 3.87. The second-order valence-corrected chi connectivity index (χ2v) is 9.67. The number of rotatable bonds is 4. The van der Waals surface area contributed by atoms with E-state index in [1.165, 1.54) is 36.4 Å². The third-order valence-electron chi connectivity index (χ3n) is 7.56. The maximum atomic E-state index is 14.0. The molecule has 3 aliphatic rings. The van der Waals surface area contributed by atoms with Crippen molar-refractivity contribution in [2.75, 3.05) is 11.5 Å². The maximum Gasteiger partial charge on any atom is 0.338 e. The molecule has 3 aromatic carbocycles. The Bertz CT molecular complexity index is 1490. The molecule has 0 saturated carbocycles. The Hall–Kier alpha value is -4.43. The minimum absolute atomic E-state index is 0.179. The van der Waals surface area contributed by atoms with E-state index in [9.17, 15) is 24.0 Å². The lowest BCUT2D eigenvalue weighted by Gasteiger charge is -2.27. The van der Waals surface area contributed by atoms with Crippen LogP contribution in [0.15, 0.2) is 72.8 Å². The number of carbonyl (C=O) groups excluding carboxylic acids is 5. The highest BCUT2D eigenvalue weighted by molar-refractivity contribution is 6.37. The summed E-state index contributed by atoms with van der Waals surface area (Å²) in [5.41, 5.74) is 0.308. The minimum Gasteiger partial charge on any atom is -0.462 e. The molecule has 8 nitrogen and oxygen atoms in total. The van der Waals surface area contributed by atoms with Gasteiger partial charge in [0.15, 0.2) is 0 Å². The van der Waals surface area contributed by atoms with E-state index in [2.05, 4.69) is 0 Å². The van der Waals surface area contributed by atoms with Gasteiger partial charge in [-0.1, -0.05) is 54.1 Å². The normalized spacial score (nSPS) is 23.2. The van der Waals surface area contributed by atoms with Gasteiger partial charge in [0.1, 0.15) is 0 Å². The van der Waals surface area contributed by atoms with E-state index in [-0.39, 0.29) is 29.0 Å². The van der Waals surface area contributed by atoms with Crippen molar-refractivity contribution in [1.29, 1.82) is 0 Å². The number of imide groups is 1. The third kappa shape index (κ3) is 3.16. The SMILES string of the molecule is CCOC(=O)c1ccc(N2C(=O)[C@H]3[C@@H](c4ccc(C)cc4)OC4(C(=O)c5ccccc5C4=O)[C@@H]3C2=O)cc1. The standard InChI is InChI=1S/C30H23NO7/c1-3-37-29(36)18-12-14-19(15-13-18)31-27(34)22-23(28(31)35)30(38-24(22)17-10-8-16(2)9-11-17)25(32)20-6-4-5-7-21(20)26(30)33/h4-15,22-24H,3H2,1-2H3/t22-,23+,24-/m1/s1. The molecule has 2 fully saturated rings. The fraction of sp³-hybridized carbons (Fsp3) is 0.233. The summed E-state index contributed by atoms with van der Waals surface area (Å²) in [7, 11) is 0. The summed E-state index contributed by atoms with van der Waals surface area (Å²) in [4.78, 5) is 68.6. The zero-order valence-corrected chi connectivity index (χ0v) is 20.7. The van der Waals surface area contributed by atoms with E-state index < -0.39 is 52.9 Å². The van der Waals surface area contributed by atoms with Crippen molar-refractivity contribution in [2.24, 2.45) is 11.8 Å². The number of ether oxygens (including phenoxy) is 2. The molecule has 0 unspecified atom stereocenters. The number of esters is 1. The molecule has 0 N–H and O–H groups in total. The summed E-state index contributed by atoms with van der Waals surface area (Å²) in [6, 6.07) is 19.5. The van der Waals surface area contributed by atoms with E-state index in [1.54, 1.807) is 31.2 Å². The third-order valence-corrected chi connectivity index (χ3v) is 7.56. The molecule has 0 aromatic heterocycles. The Morgan fingerprint density at radius 3 is 2.05 bits per heavy atom. The molecule has 2 aliphatic heterocycles. The molecular weight excluding hydrogens is 486 g/mol. The second-order valence-electron chi connectivity index (χ2n) is 9.67. The molecule has 1 spiro atoms. The van der Waals surface area contributed by atoms with Crippen molar-refractivity contribution in [2.45, 2.75) is 25.6 Å². The Labute approximate surface area is 218 Å². The van der Waals surface area contributed by atoms with Crippen molar-refractivity contribution < 1.29 is 33.4 Å². The molecule has 3 aromatic rings. The summed E-state index contributed by atoms with van der Waals surface area (Å²) in [6.07, 6.45) is -0.983. The van der Waals surface area contributed by atoms with E-state index in [0.29, 0.717) is 5.56 Å². The van der Waals surface area contributed by atoms with Crippen molar-refractivity contribution in [3.05, 3.63) is 101 Å². The first-order valence-corrected chi connectivity index (χ1v) is 12.4. The smallest absolute Gasteiger partial charge is 0.338 e. The average molecular weight is 510 g/mol. The highest BCUT2D eigenvalue weighted by Gasteiger charge is 2.74. The zero-order valence-electron chi connectivity index (χ0n) is 20.7. The van der Waals surface area contributed by atoms with Crippen molar-refractivity contribution >= 4 is 35.0 Å². The second kappa shape index (κ2) is 8.56. The van der Waals surface area contributed by atoms with Crippen molar-refractivity contribution in [1.82, 2.24) is 0 Å². The van der Waals surface area contributed by atoms with Gasteiger partial charge in [0, 0.05) is 11.1 Å². The van der Waals surface area contributed by atoms with Gasteiger partial charge < -0.3 is 9.47 Å². The van der Waals surface area contributed by atoms with Crippen LogP contribution in [0.1, 0.15) is 55.2 Å². The molecule has 3 atom stereocenters. The molecule has 6 rings (SSSR count). The lowest BCUT2D eigenvalue weighted by Crippen LogP contribution is -2.51. The maximum absolute atomic E-state index is 14.0. The number of hydrogen-bond acceptors (Lipinski definition) is 7. The van der Waals surface area contributed by atoms with E-state index in [4.69, 9.17) is 9.47 Å². The summed E-state index contributed by atoms with van der Waals surface area (Å²) in [5.74, 6) is -5.42. The topological polar surface area (TPSA) is 107 Å². The number of benzene rings is 3. The van der Waals surface area contributed by atoms with Crippen molar-refractivity contribution in [3.8, 4) is 0 Å². The van der Waals surface area contributed by atoms with Gasteiger partial charge in [-0.05, 0) is 43.7 Å². The molecule has 190 valence electrons. The summed E-state index contributed by atoms with van der Waals surface area (Å²) in [6.45, 7) is 3.81. The number of ketones is 2. The van der Waals surface area contributed by atoms with Crippen LogP contribution in [0.2, 0.25) is 0 Å². The highest BCUT2D eigenvalue weighted by atomic mass is 16.5. The number of amides is 2. The van der Waals surface area contributed by atoms with Crippen LogP contribution < -0.4 is 4.90 Å². The van der Waals surface area contributed by atoms with Crippen LogP contribution in [-0.4, -0.2) is 41.6 Å². The van der Waals surface area contributed by atoms with Crippen LogP contribution in [0.4, 0.5) is 5.69 Å². The van der Waals surface area contributed by atoms with Gasteiger partial charge in [0.25, 0.3) is 0 Å². The van der Waals surface area contributed by atoms with Crippen LogP contribution in [-0.2, 0) is 19.1 Å². The van der Waals surface area contributed by atoms with Gasteiger partial charge in [0.2, 0.25) is 29.0 Å². The molecule has 2 amide bonds. The average Bonchev–Trinajstić information content (AvgIpc) is 3.49. The van der Waals surface area contributed by atoms with Crippen LogP contribution in [0, 0.1) is 18.8 Å². The van der Waals surface area contributed by atoms with Gasteiger partial charge in [0.05, 0.1) is 35.8 Å². The van der Waals surface area contributed by atoms with Gasteiger partial charge in [-0.15, -0.1) is 0 Å². The van der Waals surface area contributed by atoms with Gasteiger partial charge in [-0.3, -0.25) is 19.2 Å². The molecule has 2 saturated heterocycles. The largest absolute Gasteiger partial charge is 0.462 e. The van der Waals surface area contributed by atoms with E-state index in [1.807, 2.05) is 19.1 Å². The Balaban J connectivity index is 1.46. The molecular formula is C30H23NO7. The van der Waals surface area contributed by atoms with E-state index in [0.717, 1.165) is 10.5 Å². The molecule has 0 bridgehead atoms. The molecule has 1 aliphatic carbocycles. The summed E-state index contributed by atoms with van der Waals surface area (Å²) < 4.78 is 11.3. The summed E-state index contributed by atoms with van der Waals surface area (Å²) >= 11 is 0. The predicted molar refractivity (Wildman–Crippen MR) is 135 cm³/mol. The lowest BCUT2D eigenvalue weighted by atomic mass is 9.77. The quantitative estimate of drug-likeness (QED) is 0.299. The number of carbonyl (C=O) groups is 5. The Morgan fingerprint density at radius 1 is 0.868 bits per heavy atom. The number of fused-ring (bicyclic) bond motifs is 3. The number of Topliss-reactive ketones (excluding diaryl/α,β-unsaturated/α-hetero) is 2. The number of hydrogen-bond donors (Lipinski definition) is 0. The van der Waals surface area contributed by atoms with Gasteiger partial charge in [-0.2, -0.15) is 0 Å². The van der Waals surface area contributed by atoms with Crippen LogP contribution in [0.5, 0.6) is 0 Å². The fourth-order valence-corrected chi connectivity index (χ4v) is 5.79. The first-order valence-electron chi connectivity index (χ1n) is 12.4. The first kappa shape index (κ1) is 23.9. The first-order chi connectivity index (χ1) is 18.3. The zero-order chi connectivity index (χ0) is 26.8. The number of anilines is 1. The van der Waals surface area contributed by atoms with Crippen LogP contribution in [0.25, 0.3) is 0 Å². The number of nitrogens with zero attached hydrogens (tertiary/aromatic N) is 1. The van der Waals surface area contributed by atoms with Crippen LogP contribution >= 0.6 is 0 Å². The summed E-state index contributed by atoms with van der Waals surface area (Å²) in [5, 5.41) is 0. The van der Waals surface area contributed by atoms with Crippen LogP contribution in [0.3, 0.4) is 0 Å². The Kier molecular flexibility index (Phi) is 5.39. The molecule has 38 heavy (non-hydrogen) atoms. The highest BCUT2D eigenvalue weighted by Crippen LogP contribution is 2.57. The van der Waals surface area contributed by atoms with Gasteiger partial charge in [-0.25, -0.2) is 9.69 Å². The molecule has 2 heterocycles.